The highest BCUT2D eigenvalue weighted by atomic mass is 16.1. The fourth-order valence-electron chi connectivity index (χ4n) is 3.59. The van der Waals surface area contributed by atoms with Crippen molar-refractivity contribution in [3.8, 4) is 0 Å². The van der Waals surface area contributed by atoms with Gasteiger partial charge in [0, 0.05) is 12.0 Å². The zero-order chi connectivity index (χ0) is 14.8. The van der Waals surface area contributed by atoms with Gasteiger partial charge in [-0.15, -0.1) is 0 Å². The maximum absolute atomic E-state index is 12.8. The second-order valence-electron chi connectivity index (χ2n) is 7.34. The fraction of sp³-hybridized carbons (Fsp3) is 0.941. The predicted octanol–water partition coefficient (Wildman–Crippen LogP) is 4.14. The van der Waals surface area contributed by atoms with Gasteiger partial charge in [-0.1, -0.05) is 27.7 Å². The molecule has 0 N–H and O–H groups in total. The van der Waals surface area contributed by atoms with E-state index in [9.17, 15) is 4.79 Å². The summed E-state index contributed by atoms with van der Waals surface area (Å²) in [6.07, 6.45) is 4.49. The number of carbonyl (C=O) groups excluding carboxylic acids is 1. The van der Waals surface area contributed by atoms with Crippen molar-refractivity contribution in [1.29, 1.82) is 0 Å². The van der Waals surface area contributed by atoms with Crippen LogP contribution in [0.2, 0.25) is 0 Å². The molecular weight excluding hydrogens is 234 g/mol. The van der Waals surface area contributed by atoms with Crippen LogP contribution in [0.4, 0.5) is 0 Å². The van der Waals surface area contributed by atoms with E-state index in [1.807, 2.05) is 13.8 Å². The molecule has 1 saturated carbocycles. The molecule has 19 heavy (non-hydrogen) atoms. The summed E-state index contributed by atoms with van der Waals surface area (Å²) < 4.78 is 0. The van der Waals surface area contributed by atoms with Crippen LogP contribution in [0.1, 0.15) is 67.2 Å². The standard InChI is InChI=1S/C17H33NO/c1-12(2)15-8-10-17(11-9-15,16(19)13(3)4)18(7)14(5)6/h12-15H,8-11H2,1-7H3. The number of carbonyl (C=O) groups is 1. The normalized spacial score (nSPS) is 28.7. The van der Waals surface area contributed by atoms with Crippen LogP contribution >= 0.6 is 0 Å². The lowest BCUT2D eigenvalue weighted by Gasteiger charge is -2.48. The lowest BCUT2D eigenvalue weighted by Crippen LogP contribution is -2.58. The lowest BCUT2D eigenvalue weighted by atomic mass is 9.68. The van der Waals surface area contributed by atoms with Crippen LogP contribution in [-0.4, -0.2) is 29.3 Å². The molecule has 1 aliphatic rings. The Labute approximate surface area is 119 Å². The Morgan fingerprint density at radius 1 is 1.05 bits per heavy atom. The third-order valence-corrected chi connectivity index (χ3v) is 5.23. The van der Waals surface area contributed by atoms with Gasteiger partial charge in [-0.05, 0) is 58.4 Å². The van der Waals surface area contributed by atoms with Crippen molar-refractivity contribution >= 4 is 5.78 Å². The zero-order valence-corrected chi connectivity index (χ0v) is 14.0. The van der Waals surface area contributed by atoms with Crippen LogP contribution in [0.3, 0.4) is 0 Å². The first-order valence-corrected chi connectivity index (χ1v) is 7.99. The summed E-state index contributed by atoms with van der Waals surface area (Å²) in [4.78, 5) is 15.1. The van der Waals surface area contributed by atoms with Gasteiger partial charge in [0.25, 0.3) is 0 Å². The molecular formula is C17H33NO. The fourth-order valence-corrected chi connectivity index (χ4v) is 3.59. The molecule has 0 radical (unpaired) electrons. The Hall–Kier alpha value is -0.370. The SMILES string of the molecule is CC(C)C(=O)C1(N(C)C(C)C)CCC(C(C)C)CC1. The Bertz CT molecular complexity index is 298. The Morgan fingerprint density at radius 3 is 1.84 bits per heavy atom. The minimum absolute atomic E-state index is 0.136. The molecule has 0 bridgehead atoms. The molecule has 2 heteroatoms. The first kappa shape index (κ1) is 16.7. The molecule has 1 aliphatic carbocycles. The van der Waals surface area contributed by atoms with Gasteiger partial charge < -0.3 is 0 Å². The van der Waals surface area contributed by atoms with E-state index in [0.717, 1.165) is 24.7 Å². The van der Waals surface area contributed by atoms with Gasteiger partial charge in [-0.25, -0.2) is 0 Å². The van der Waals surface area contributed by atoms with Gasteiger partial charge in [-0.3, -0.25) is 9.69 Å². The summed E-state index contributed by atoms with van der Waals surface area (Å²) in [5.74, 6) is 2.13. The number of hydrogen-bond donors (Lipinski definition) is 0. The van der Waals surface area contributed by atoms with Crippen LogP contribution in [0.5, 0.6) is 0 Å². The average molecular weight is 267 g/mol. The van der Waals surface area contributed by atoms with E-state index in [1.165, 1.54) is 12.8 Å². The molecule has 0 heterocycles. The minimum atomic E-state index is -0.201. The quantitative estimate of drug-likeness (QED) is 0.746. The molecule has 0 aromatic rings. The van der Waals surface area contributed by atoms with Gasteiger partial charge in [0.2, 0.25) is 0 Å². The molecule has 0 unspecified atom stereocenters. The Morgan fingerprint density at radius 2 is 1.53 bits per heavy atom. The second-order valence-corrected chi connectivity index (χ2v) is 7.34. The first-order chi connectivity index (χ1) is 8.72. The molecule has 0 amide bonds. The van der Waals surface area contributed by atoms with Crippen molar-refractivity contribution in [3.05, 3.63) is 0 Å². The largest absolute Gasteiger partial charge is 0.297 e. The summed E-state index contributed by atoms with van der Waals surface area (Å²) in [5.41, 5.74) is -0.201. The maximum Gasteiger partial charge on any atom is 0.155 e. The smallest absolute Gasteiger partial charge is 0.155 e. The lowest BCUT2D eigenvalue weighted by molar-refractivity contribution is -0.138. The number of likely N-dealkylation sites (N-methyl/N-ethyl adjacent to an activating group) is 1. The Balaban J connectivity index is 2.94. The number of nitrogens with zero attached hydrogens (tertiary/aromatic N) is 1. The molecule has 0 atom stereocenters. The van der Waals surface area contributed by atoms with Crippen molar-refractivity contribution in [1.82, 2.24) is 4.90 Å². The van der Waals surface area contributed by atoms with E-state index in [1.54, 1.807) is 0 Å². The number of ketones is 1. The molecule has 112 valence electrons. The molecule has 0 aromatic carbocycles. The van der Waals surface area contributed by atoms with Gasteiger partial charge in [0.05, 0.1) is 5.54 Å². The number of hydrogen-bond acceptors (Lipinski definition) is 2. The molecule has 0 aromatic heterocycles. The Kier molecular flexibility index (Phi) is 5.61. The number of rotatable bonds is 5. The van der Waals surface area contributed by atoms with E-state index in [4.69, 9.17) is 0 Å². The molecule has 0 saturated heterocycles. The van der Waals surface area contributed by atoms with E-state index in [0.29, 0.717) is 11.8 Å². The third-order valence-electron chi connectivity index (χ3n) is 5.23. The van der Waals surface area contributed by atoms with Crippen LogP contribution in [0.25, 0.3) is 0 Å². The summed E-state index contributed by atoms with van der Waals surface area (Å²) in [6.45, 7) is 13.1. The second kappa shape index (κ2) is 6.39. The van der Waals surface area contributed by atoms with Crippen molar-refractivity contribution in [2.75, 3.05) is 7.05 Å². The molecule has 1 rings (SSSR count). The first-order valence-electron chi connectivity index (χ1n) is 7.99. The van der Waals surface area contributed by atoms with Crippen LogP contribution < -0.4 is 0 Å². The van der Waals surface area contributed by atoms with Crippen molar-refractivity contribution in [2.45, 2.75) is 78.8 Å². The van der Waals surface area contributed by atoms with E-state index < -0.39 is 0 Å². The van der Waals surface area contributed by atoms with Crippen LogP contribution in [0, 0.1) is 17.8 Å². The summed E-state index contributed by atoms with van der Waals surface area (Å²) in [7, 11) is 2.14. The van der Waals surface area contributed by atoms with Crippen molar-refractivity contribution < 1.29 is 4.79 Å². The van der Waals surface area contributed by atoms with Crippen molar-refractivity contribution in [2.24, 2.45) is 17.8 Å². The summed E-state index contributed by atoms with van der Waals surface area (Å²) >= 11 is 0. The topological polar surface area (TPSA) is 20.3 Å². The van der Waals surface area contributed by atoms with Gasteiger partial charge in [0.15, 0.2) is 5.78 Å². The zero-order valence-electron chi connectivity index (χ0n) is 14.0. The van der Waals surface area contributed by atoms with Gasteiger partial charge in [-0.2, -0.15) is 0 Å². The summed E-state index contributed by atoms with van der Waals surface area (Å²) in [6, 6.07) is 0.429. The van der Waals surface area contributed by atoms with Gasteiger partial charge in [0.1, 0.15) is 0 Å². The van der Waals surface area contributed by atoms with E-state index in [-0.39, 0.29) is 11.5 Å². The maximum atomic E-state index is 12.8. The van der Waals surface area contributed by atoms with Crippen LogP contribution in [0.15, 0.2) is 0 Å². The highest BCUT2D eigenvalue weighted by molar-refractivity contribution is 5.90. The molecule has 0 aliphatic heterocycles. The number of Topliss-reactive ketones (excluding diaryl/α,β-unsaturated/α-hetero) is 1. The average Bonchev–Trinajstić information content (AvgIpc) is 2.36. The van der Waals surface area contributed by atoms with Crippen molar-refractivity contribution in [3.63, 3.8) is 0 Å². The monoisotopic (exact) mass is 267 g/mol. The van der Waals surface area contributed by atoms with E-state index >= 15 is 0 Å². The molecule has 1 fully saturated rings. The highest BCUT2D eigenvalue weighted by Crippen LogP contribution is 2.41. The van der Waals surface area contributed by atoms with E-state index in [2.05, 4.69) is 39.6 Å². The molecule has 2 nitrogen and oxygen atoms in total. The minimum Gasteiger partial charge on any atom is -0.297 e. The van der Waals surface area contributed by atoms with Gasteiger partial charge >= 0.3 is 0 Å². The predicted molar refractivity (Wildman–Crippen MR) is 82.3 cm³/mol. The highest BCUT2D eigenvalue weighted by Gasteiger charge is 2.46. The summed E-state index contributed by atoms with van der Waals surface area (Å²) in [5, 5.41) is 0. The third kappa shape index (κ3) is 3.39. The molecule has 0 spiro atoms. The van der Waals surface area contributed by atoms with Crippen LogP contribution in [-0.2, 0) is 4.79 Å².